The smallest absolute Gasteiger partial charge is 0.252 e. The number of anilines is 1. The Morgan fingerprint density at radius 2 is 1.76 bits per heavy atom. The number of sulfonamides is 1. The average Bonchev–Trinajstić information content (AvgIpc) is 3.09. The Bertz CT molecular complexity index is 1010. The molecule has 0 atom stereocenters. The summed E-state index contributed by atoms with van der Waals surface area (Å²) in [5.41, 5.74) is 0.885. The third-order valence-electron chi connectivity index (χ3n) is 4.20. The van der Waals surface area contributed by atoms with Gasteiger partial charge in [0.15, 0.2) is 0 Å². The lowest BCUT2D eigenvalue weighted by Gasteiger charge is -2.34. The predicted molar refractivity (Wildman–Crippen MR) is 99.8 cm³/mol. The number of benzene rings is 1. The number of rotatable bonds is 3. The lowest BCUT2D eigenvalue weighted by Crippen LogP contribution is -2.48. The number of aromatic nitrogens is 2. The summed E-state index contributed by atoms with van der Waals surface area (Å²) >= 11 is 6.97. The quantitative estimate of drug-likeness (QED) is 0.683. The molecule has 9 heteroatoms. The largest absolute Gasteiger partial charge is 0.353 e. The van der Waals surface area contributed by atoms with Crippen LogP contribution < -0.4 is 4.90 Å². The lowest BCUT2D eigenvalue weighted by molar-refractivity contribution is 0.385. The number of thiophene rings is 1. The predicted octanol–water partition coefficient (Wildman–Crippen LogP) is 2.86. The zero-order valence-electron chi connectivity index (χ0n) is 13.2. The highest BCUT2D eigenvalue weighted by atomic mass is 35.5. The van der Waals surface area contributed by atoms with Crippen molar-refractivity contribution in [3.8, 4) is 0 Å². The van der Waals surface area contributed by atoms with E-state index in [4.69, 9.17) is 11.6 Å². The number of fused-ring (bicyclic) bond motifs is 1. The normalized spacial score (nSPS) is 16.4. The Hall–Kier alpha value is -1.74. The summed E-state index contributed by atoms with van der Waals surface area (Å²) in [6.45, 7) is 1.99. The molecular formula is C16H15ClN4O2S2. The van der Waals surface area contributed by atoms with Crippen molar-refractivity contribution in [2.75, 3.05) is 31.1 Å². The van der Waals surface area contributed by atoms with Crippen LogP contribution in [0.3, 0.4) is 0 Å². The van der Waals surface area contributed by atoms with Gasteiger partial charge in [0.2, 0.25) is 0 Å². The van der Waals surface area contributed by atoms with Gasteiger partial charge >= 0.3 is 0 Å². The Morgan fingerprint density at radius 3 is 2.48 bits per heavy atom. The van der Waals surface area contributed by atoms with Crippen LogP contribution in [0.4, 0.5) is 5.82 Å². The van der Waals surface area contributed by atoms with E-state index < -0.39 is 10.0 Å². The standard InChI is InChI=1S/C16H15ClN4O2S2/c17-14-5-6-15(24-14)25(22,23)21-9-7-20(8-10-21)16-12-3-1-2-4-13(12)18-11-19-16/h1-6,11H,7-10H2. The second-order valence-corrected chi connectivity index (χ2v) is 9.54. The van der Waals surface area contributed by atoms with Gasteiger partial charge in [-0.2, -0.15) is 4.31 Å². The van der Waals surface area contributed by atoms with Crippen LogP contribution in [-0.4, -0.2) is 48.9 Å². The van der Waals surface area contributed by atoms with E-state index in [-0.39, 0.29) is 0 Å². The maximum Gasteiger partial charge on any atom is 0.252 e. The van der Waals surface area contributed by atoms with E-state index in [0.29, 0.717) is 34.7 Å². The first kappa shape index (κ1) is 16.7. The third kappa shape index (κ3) is 3.10. The van der Waals surface area contributed by atoms with E-state index in [9.17, 15) is 8.42 Å². The molecule has 1 aliphatic rings. The van der Waals surface area contributed by atoms with E-state index in [1.54, 1.807) is 18.5 Å². The minimum atomic E-state index is -3.48. The van der Waals surface area contributed by atoms with Gasteiger partial charge in [-0.25, -0.2) is 18.4 Å². The summed E-state index contributed by atoms with van der Waals surface area (Å²) in [5, 5.41) is 0.978. The highest BCUT2D eigenvalue weighted by Crippen LogP contribution is 2.29. The van der Waals surface area contributed by atoms with Crippen molar-refractivity contribution in [3.05, 3.63) is 47.1 Å². The number of halogens is 1. The highest BCUT2D eigenvalue weighted by molar-refractivity contribution is 7.91. The molecule has 0 aliphatic carbocycles. The fourth-order valence-electron chi connectivity index (χ4n) is 2.95. The molecular weight excluding hydrogens is 380 g/mol. The fraction of sp³-hybridized carbons (Fsp3) is 0.250. The van der Waals surface area contributed by atoms with Gasteiger partial charge in [0.25, 0.3) is 10.0 Å². The van der Waals surface area contributed by atoms with Crippen LogP contribution in [0.1, 0.15) is 0 Å². The van der Waals surface area contributed by atoms with Crippen molar-refractivity contribution in [3.63, 3.8) is 0 Å². The van der Waals surface area contributed by atoms with Crippen LogP contribution in [0, 0.1) is 0 Å². The summed E-state index contributed by atoms with van der Waals surface area (Å²) in [6.07, 6.45) is 1.55. The molecule has 0 saturated carbocycles. The van der Waals surface area contributed by atoms with Crippen LogP contribution >= 0.6 is 22.9 Å². The number of hydrogen-bond acceptors (Lipinski definition) is 6. The number of piperazine rings is 1. The van der Waals surface area contributed by atoms with E-state index in [0.717, 1.165) is 28.1 Å². The first-order valence-electron chi connectivity index (χ1n) is 7.76. The van der Waals surface area contributed by atoms with Gasteiger partial charge in [0.05, 0.1) is 9.85 Å². The second-order valence-electron chi connectivity index (χ2n) is 5.66. The molecule has 4 rings (SSSR count). The van der Waals surface area contributed by atoms with E-state index in [2.05, 4.69) is 14.9 Å². The monoisotopic (exact) mass is 394 g/mol. The summed E-state index contributed by atoms with van der Waals surface area (Å²) in [6, 6.07) is 11.0. The van der Waals surface area contributed by atoms with Crippen molar-refractivity contribution in [1.29, 1.82) is 0 Å². The number of hydrogen-bond donors (Lipinski definition) is 0. The molecule has 1 aromatic carbocycles. The Morgan fingerprint density at radius 1 is 1.00 bits per heavy atom. The SMILES string of the molecule is O=S(=O)(c1ccc(Cl)s1)N1CCN(c2ncnc3ccccc23)CC1. The van der Waals surface area contributed by atoms with E-state index in [1.807, 2.05) is 24.3 Å². The molecule has 0 unspecified atom stereocenters. The minimum absolute atomic E-state index is 0.290. The molecule has 0 radical (unpaired) electrons. The second kappa shape index (κ2) is 6.53. The Balaban J connectivity index is 1.55. The summed E-state index contributed by atoms with van der Waals surface area (Å²) in [7, 11) is -3.48. The number of para-hydroxylation sites is 1. The molecule has 0 amide bonds. The molecule has 25 heavy (non-hydrogen) atoms. The molecule has 130 valence electrons. The van der Waals surface area contributed by atoms with Crippen LogP contribution in [0.2, 0.25) is 4.34 Å². The van der Waals surface area contributed by atoms with Gasteiger partial charge < -0.3 is 4.90 Å². The maximum absolute atomic E-state index is 12.7. The molecule has 0 spiro atoms. The Kier molecular flexibility index (Phi) is 4.36. The van der Waals surface area contributed by atoms with Gasteiger partial charge in [-0.15, -0.1) is 11.3 Å². The summed E-state index contributed by atoms with van der Waals surface area (Å²) < 4.78 is 27.7. The topological polar surface area (TPSA) is 66.4 Å². The zero-order chi connectivity index (χ0) is 17.4. The van der Waals surface area contributed by atoms with Crippen molar-refractivity contribution in [2.24, 2.45) is 0 Å². The van der Waals surface area contributed by atoms with E-state index in [1.165, 1.54) is 4.31 Å². The third-order valence-corrected chi connectivity index (χ3v) is 7.80. The average molecular weight is 395 g/mol. The van der Waals surface area contributed by atoms with Crippen molar-refractivity contribution in [1.82, 2.24) is 14.3 Å². The first-order chi connectivity index (χ1) is 12.1. The van der Waals surface area contributed by atoms with Crippen LogP contribution in [0.25, 0.3) is 10.9 Å². The van der Waals surface area contributed by atoms with Crippen molar-refractivity contribution in [2.45, 2.75) is 4.21 Å². The molecule has 0 N–H and O–H groups in total. The highest BCUT2D eigenvalue weighted by Gasteiger charge is 2.30. The van der Waals surface area contributed by atoms with Crippen molar-refractivity contribution >= 4 is 49.7 Å². The maximum atomic E-state index is 12.7. The summed E-state index contributed by atoms with van der Waals surface area (Å²) in [4.78, 5) is 10.8. The molecule has 6 nitrogen and oxygen atoms in total. The molecule has 1 saturated heterocycles. The zero-order valence-corrected chi connectivity index (χ0v) is 15.6. The van der Waals surface area contributed by atoms with Crippen LogP contribution in [0.15, 0.2) is 46.9 Å². The lowest BCUT2D eigenvalue weighted by atomic mass is 10.2. The fourth-order valence-corrected chi connectivity index (χ4v) is 6.01. The van der Waals surface area contributed by atoms with Crippen LogP contribution in [-0.2, 0) is 10.0 Å². The van der Waals surface area contributed by atoms with Gasteiger partial charge in [-0.3, -0.25) is 0 Å². The van der Waals surface area contributed by atoms with Gasteiger partial charge in [0.1, 0.15) is 16.4 Å². The molecule has 1 aliphatic heterocycles. The number of nitrogens with zero attached hydrogens (tertiary/aromatic N) is 4. The molecule has 2 aromatic heterocycles. The molecule has 1 fully saturated rings. The molecule has 0 bridgehead atoms. The first-order valence-corrected chi connectivity index (χ1v) is 10.4. The Labute approximate surface area is 154 Å². The molecule has 3 aromatic rings. The van der Waals surface area contributed by atoms with Gasteiger partial charge in [0, 0.05) is 31.6 Å². The van der Waals surface area contributed by atoms with E-state index >= 15 is 0 Å². The minimum Gasteiger partial charge on any atom is -0.353 e. The summed E-state index contributed by atoms with van der Waals surface area (Å²) in [5.74, 6) is 0.849. The molecule has 3 heterocycles. The van der Waals surface area contributed by atoms with Gasteiger partial charge in [-0.05, 0) is 24.3 Å². The van der Waals surface area contributed by atoms with Gasteiger partial charge in [-0.1, -0.05) is 23.7 Å². The van der Waals surface area contributed by atoms with Crippen LogP contribution in [0.5, 0.6) is 0 Å². The van der Waals surface area contributed by atoms with Crippen molar-refractivity contribution < 1.29 is 8.42 Å².